The summed E-state index contributed by atoms with van der Waals surface area (Å²) in [7, 11) is 1.73. The first kappa shape index (κ1) is 15.4. The molecular formula is C14H11ClFN5OS. The molecule has 6 nitrogen and oxygen atoms in total. The molecule has 0 bridgehead atoms. The van der Waals surface area contributed by atoms with Gasteiger partial charge in [0.1, 0.15) is 15.8 Å². The van der Waals surface area contributed by atoms with Crippen LogP contribution in [0.4, 0.5) is 15.1 Å². The van der Waals surface area contributed by atoms with Crippen molar-refractivity contribution in [3.05, 3.63) is 47.1 Å². The van der Waals surface area contributed by atoms with Crippen LogP contribution in [0.25, 0.3) is 10.6 Å². The first-order valence-electron chi connectivity index (χ1n) is 6.46. The second-order valence-electron chi connectivity index (χ2n) is 4.69. The first-order valence-corrected chi connectivity index (χ1v) is 7.66. The Hall–Kier alpha value is -2.45. The number of nitrogens with one attached hydrogen (secondary N) is 1. The van der Waals surface area contributed by atoms with Crippen LogP contribution < -0.4 is 11.1 Å². The summed E-state index contributed by atoms with van der Waals surface area (Å²) in [5.74, 6) is -1.02. The smallest absolute Gasteiger partial charge is 0.277 e. The largest absolute Gasteiger partial charge is 0.389 e. The molecule has 0 saturated carbocycles. The minimum absolute atomic E-state index is 0.0551. The minimum atomic E-state index is -0.556. The number of carbonyl (C=O) groups excluding carboxylic acids is 1. The van der Waals surface area contributed by atoms with Gasteiger partial charge in [0, 0.05) is 18.8 Å². The standard InChI is InChI=1S/C14H11ClFN5OS/c1-21-6-7(5-18-21)19-13(22)11-12(17)23-14(20-11)8-3-2-4-9(16)10(8)15/h2-6H,17H2,1H3,(H,19,22). The molecule has 0 aliphatic rings. The lowest BCUT2D eigenvalue weighted by atomic mass is 10.2. The molecule has 3 rings (SSSR count). The Morgan fingerprint density at radius 2 is 2.26 bits per heavy atom. The van der Waals surface area contributed by atoms with Gasteiger partial charge in [-0.25, -0.2) is 9.37 Å². The van der Waals surface area contributed by atoms with Crippen molar-refractivity contribution in [1.82, 2.24) is 14.8 Å². The van der Waals surface area contributed by atoms with Crippen molar-refractivity contribution in [2.45, 2.75) is 0 Å². The molecule has 0 fully saturated rings. The fraction of sp³-hybridized carbons (Fsp3) is 0.0714. The van der Waals surface area contributed by atoms with E-state index in [9.17, 15) is 9.18 Å². The van der Waals surface area contributed by atoms with Crippen LogP contribution in [0.2, 0.25) is 5.02 Å². The highest BCUT2D eigenvalue weighted by Gasteiger charge is 2.19. The predicted octanol–water partition coefficient (Wildman–Crippen LogP) is 3.17. The van der Waals surface area contributed by atoms with Crippen LogP contribution >= 0.6 is 22.9 Å². The molecule has 3 aromatic rings. The van der Waals surface area contributed by atoms with Crippen molar-refractivity contribution < 1.29 is 9.18 Å². The highest BCUT2D eigenvalue weighted by molar-refractivity contribution is 7.19. The maximum atomic E-state index is 13.5. The van der Waals surface area contributed by atoms with Crippen molar-refractivity contribution in [2.24, 2.45) is 7.05 Å². The SMILES string of the molecule is Cn1cc(NC(=O)c2nc(-c3cccc(F)c3Cl)sc2N)cn1. The summed E-state index contributed by atoms with van der Waals surface area (Å²) >= 11 is 7.01. The molecule has 2 heterocycles. The number of hydrogen-bond acceptors (Lipinski definition) is 5. The normalized spacial score (nSPS) is 10.7. The summed E-state index contributed by atoms with van der Waals surface area (Å²) in [6, 6.07) is 4.38. The molecule has 23 heavy (non-hydrogen) atoms. The summed E-state index contributed by atoms with van der Waals surface area (Å²) in [5.41, 5.74) is 6.84. The predicted molar refractivity (Wildman–Crippen MR) is 88.1 cm³/mol. The molecule has 3 N–H and O–H groups in total. The number of rotatable bonds is 3. The highest BCUT2D eigenvalue weighted by atomic mass is 35.5. The van der Waals surface area contributed by atoms with Crippen LogP contribution in [0.5, 0.6) is 0 Å². The van der Waals surface area contributed by atoms with Crippen molar-refractivity contribution in [1.29, 1.82) is 0 Å². The van der Waals surface area contributed by atoms with Gasteiger partial charge in [-0.2, -0.15) is 5.10 Å². The van der Waals surface area contributed by atoms with E-state index in [0.717, 1.165) is 11.3 Å². The molecule has 118 valence electrons. The van der Waals surface area contributed by atoms with Gasteiger partial charge in [-0.3, -0.25) is 9.48 Å². The number of aryl methyl sites for hydroxylation is 1. The van der Waals surface area contributed by atoms with Crippen LogP contribution in [0.3, 0.4) is 0 Å². The first-order chi connectivity index (χ1) is 11.0. The number of amides is 1. The van der Waals surface area contributed by atoms with Gasteiger partial charge in [-0.05, 0) is 6.07 Å². The van der Waals surface area contributed by atoms with E-state index in [1.165, 1.54) is 18.3 Å². The topological polar surface area (TPSA) is 85.8 Å². The number of benzene rings is 1. The number of nitrogens with zero attached hydrogens (tertiary/aromatic N) is 3. The quantitative estimate of drug-likeness (QED) is 0.758. The van der Waals surface area contributed by atoms with E-state index in [2.05, 4.69) is 15.4 Å². The molecule has 9 heteroatoms. The molecule has 1 amide bonds. The molecule has 1 aromatic carbocycles. The monoisotopic (exact) mass is 351 g/mol. The fourth-order valence-corrected chi connectivity index (χ4v) is 3.09. The lowest BCUT2D eigenvalue weighted by Crippen LogP contribution is -2.13. The third kappa shape index (κ3) is 3.03. The molecular weight excluding hydrogens is 341 g/mol. The Labute approximate surface area is 139 Å². The number of halogens is 2. The summed E-state index contributed by atoms with van der Waals surface area (Å²) in [6.07, 6.45) is 3.15. The summed E-state index contributed by atoms with van der Waals surface area (Å²) in [5, 5.41) is 7.15. The maximum Gasteiger partial charge on any atom is 0.277 e. The van der Waals surface area contributed by atoms with Gasteiger partial charge >= 0.3 is 0 Å². The average molecular weight is 352 g/mol. The van der Waals surface area contributed by atoms with Crippen LogP contribution in [-0.2, 0) is 7.05 Å². The summed E-state index contributed by atoms with van der Waals surface area (Å²) < 4.78 is 15.1. The molecule has 0 saturated heterocycles. The molecule has 0 atom stereocenters. The molecule has 0 aliphatic heterocycles. The van der Waals surface area contributed by atoms with Crippen molar-refractivity contribution in [3.63, 3.8) is 0 Å². The highest BCUT2D eigenvalue weighted by Crippen LogP contribution is 2.35. The van der Waals surface area contributed by atoms with E-state index in [1.807, 2.05) is 0 Å². The zero-order chi connectivity index (χ0) is 16.6. The van der Waals surface area contributed by atoms with E-state index < -0.39 is 11.7 Å². The molecule has 0 unspecified atom stereocenters. The number of hydrogen-bond donors (Lipinski definition) is 2. The Bertz CT molecular complexity index is 891. The number of nitrogen functional groups attached to an aromatic ring is 1. The molecule has 0 radical (unpaired) electrons. The molecule has 0 aliphatic carbocycles. The van der Waals surface area contributed by atoms with Gasteiger partial charge in [0.25, 0.3) is 5.91 Å². The number of anilines is 2. The van der Waals surface area contributed by atoms with E-state index in [1.54, 1.807) is 24.0 Å². The Morgan fingerprint density at radius 3 is 2.96 bits per heavy atom. The Kier molecular flexibility index (Phi) is 4.01. The lowest BCUT2D eigenvalue weighted by Gasteiger charge is -2.01. The maximum absolute atomic E-state index is 13.5. The van der Waals surface area contributed by atoms with Crippen LogP contribution in [0.15, 0.2) is 30.6 Å². The molecule has 2 aromatic heterocycles. The zero-order valence-electron chi connectivity index (χ0n) is 11.9. The summed E-state index contributed by atoms with van der Waals surface area (Å²) in [4.78, 5) is 16.4. The van der Waals surface area contributed by atoms with E-state index in [-0.39, 0.29) is 15.7 Å². The number of aromatic nitrogens is 3. The lowest BCUT2D eigenvalue weighted by molar-refractivity contribution is 0.102. The van der Waals surface area contributed by atoms with Crippen LogP contribution in [0, 0.1) is 5.82 Å². The van der Waals surface area contributed by atoms with Gasteiger partial charge in [0.05, 0.1) is 16.9 Å². The van der Waals surface area contributed by atoms with Crippen molar-refractivity contribution in [3.8, 4) is 10.6 Å². The Balaban J connectivity index is 1.91. The van der Waals surface area contributed by atoms with Gasteiger partial charge in [0.2, 0.25) is 0 Å². The fourth-order valence-electron chi connectivity index (χ4n) is 1.95. The van der Waals surface area contributed by atoms with E-state index in [0.29, 0.717) is 16.3 Å². The average Bonchev–Trinajstić information content (AvgIpc) is 3.08. The number of carbonyl (C=O) groups is 1. The third-order valence-corrected chi connectivity index (χ3v) is 4.32. The van der Waals surface area contributed by atoms with Gasteiger partial charge in [0.15, 0.2) is 5.69 Å². The van der Waals surface area contributed by atoms with Crippen LogP contribution in [0.1, 0.15) is 10.5 Å². The van der Waals surface area contributed by atoms with Gasteiger partial charge in [-0.15, -0.1) is 0 Å². The van der Waals surface area contributed by atoms with Gasteiger partial charge < -0.3 is 11.1 Å². The van der Waals surface area contributed by atoms with Gasteiger partial charge in [-0.1, -0.05) is 35.1 Å². The van der Waals surface area contributed by atoms with Crippen molar-refractivity contribution in [2.75, 3.05) is 11.1 Å². The molecule has 0 spiro atoms. The zero-order valence-corrected chi connectivity index (χ0v) is 13.5. The second-order valence-corrected chi connectivity index (χ2v) is 6.10. The summed E-state index contributed by atoms with van der Waals surface area (Å²) in [6.45, 7) is 0. The second kappa shape index (κ2) is 5.98. The van der Waals surface area contributed by atoms with Crippen LogP contribution in [-0.4, -0.2) is 20.7 Å². The Morgan fingerprint density at radius 1 is 1.48 bits per heavy atom. The van der Waals surface area contributed by atoms with E-state index >= 15 is 0 Å². The third-order valence-electron chi connectivity index (χ3n) is 3.01. The number of nitrogens with two attached hydrogens (primary N) is 1. The number of thiazole rings is 1. The minimum Gasteiger partial charge on any atom is -0.389 e. The van der Waals surface area contributed by atoms with Crippen molar-refractivity contribution >= 4 is 39.5 Å². The van der Waals surface area contributed by atoms with E-state index in [4.69, 9.17) is 17.3 Å².